The van der Waals surface area contributed by atoms with Crippen LogP contribution >= 0.6 is 23.2 Å². The zero-order valence-electron chi connectivity index (χ0n) is 13.8. The molecule has 24 heavy (non-hydrogen) atoms. The molecular weight excluding hydrogens is 349 g/mol. The van der Waals surface area contributed by atoms with Gasteiger partial charge in [0.15, 0.2) is 0 Å². The van der Waals surface area contributed by atoms with E-state index in [1.807, 2.05) is 13.8 Å². The zero-order valence-corrected chi connectivity index (χ0v) is 15.3. The van der Waals surface area contributed by atoms with Crippen molar-refractivity contribution in [1.82, 2.24) is 0 Å². The van der Waals surface area contributed by atoms with E-state index in [9.17, 15) is 9.59 Å². The van der Waals surface area contributed by atoms with Crippen LogP contribution in [0.3, 0.4) is 0 Å². The van der Waals surface area contributed by atoms with Crippen molar-refractivity contribution in [2.24, 2.45) is 17.8 Å². The number of carbonyl (C=O) groups is 2. The number of benzene rings is 1. The third-order valence-electron chi connectivity index (χ3n) is 4.81. The minimum atomic E-state index is -0.521. The van der Waals surface area contributed by atoms with E-state index in [1.165, 1.54) is 0 Å². The van der Waals surface area contributed by atoms with E-state index >= 15 is 0 Å². The van der Waals surface area contributed by atoms with Gasteiger partial charge in [0.2, 0.25) is 5.91 Å². The molecule has 4 atom stereocenters. The first kappa shape index (κ1) is 17.3. The van der Waals surface area contributed by atoms with Gasteiger partial charge in [0.05, 0.1) is 35.2 Å². The number of anilines is 1. The molecule has 1 aromatic carbocycles. The molecule has 4 unspecified atom stereocenters. The van der Waals surface area contributed by atoms with Crippen molar-refractivity contribution in [2.75, 3.05) is 11.5 Å². The fraction of sp³-hybridized carbons (Fsp3) is 0.444. The van der Waals surface area contributed by atoms with Crippen LogP contribution in [0.25, 0.3) is 0 Å². The molecule has 4 nitrogen and oxygen atoms in total. The van der Waals surface area contributed by atoms with Crippen molar-refractivity contribution >= 4 is 40.8 Å². The van der Waals surface area contributed by atoms with E-state index in [4.69, 9.17) is 27.9 Å². The second-order valence-corrected chi connectivity index (χ2v) is 7.17. The Bertz CT molecular complexity index is 731. The molecule has 2 bridgehead atoms. The maximum absolute atomic E-state index is 13.1. The summed E-state index contributed by atoms with van der Waals surface area (Å²) in [5.41, 5.74) is 1.51. The predicted molar refractivity (Wildman–Crippen MR) is 94.3 cm³/mol. The number of halogens is 2. The monoisotopic (exact) mass is 367 g/mol. The molecule has 0 aromatic heterocycles. The Kier molecular flexibility index (Phi) is 4.63. The number of ether oxygens (including phenoxy) is 1. The van der Waals surface area contributed by atoms with Crippen molar-refractivity contribution in [3.8, 4) is 0 Å². The molecule has 1 amide bonds. The summed E-state index contributed by atoms with van der Waals surface area (Å²) in [5, 5.41) is 0.925. The summed E-state index contributed by atoms with van der Waals surface area (Å²) in [6, 6.07) is 4.63. The number of carbonyl (C=O) groups excluding carboxylic acids is 2. The molecule has 6 heteroatoms. The van der Waals surface area contributed by atoms with Crippen molar-refractivity contribution < 1.29 is 14.3 Å². The maximum atomic E-state index is 13.1. The minimum absolute atomic E-state index is 0.0360. The first-order valence-corrected chi connectivity index (χ1v) is 8.75. The van der Waals surface area contributed by atoms with E-state index in [0.717, 1.165) is 5.57 Å². The summed E-state index contributed by atoms with van der Waals surface area (Å²) in [4.78, 5) is 27.3. The molecule has 1 aliphatic carbocycles. The summed E-state index contributed by atoms with van der Waals surface area (Å²) in [5.74, 6) is -1.44. The van der Waals surface area contributed by atoms with Gasteiger partial charge in [0.25, 0.3) is 0 Å². The topological polar surface area (TPSA) is 46.6 Å². The van der Waals surface area contributed by atoms with Crippen LogP contribution in [0.1, 0.15) is 20.8 Å². The van der Waals surface area contributed by atoms with Gasteiger partial charge in [-0.15, -0.1) is 0 Å². The van der Waals surface area contributed by atoms with Crippen LogP contribution in [-0.2, 0) is 14.3 Å². The third-order valence-corrected chi connectivity index (χ3v) is 5.37. The lowest BCUT2D eigenvalue weighted by molar-refractivity contribution is -0.151. The Morgan fingerprint density at radius 3 is 2.71 bits per heavy atom. The largest absolute Gasteiger partial charge is 0.466 e. The molecule has 0 N–H and O–H groups in total. The second kappa shape index (κ2) is 6.41. The lowest BCUT2D eigenvalue weighted by Gasteiger charge is -2.32. The third kappa shape index (κ3) is 2.62. The molecule has 3 rings (SSSR count). The zero-order chi connectivity index (χ0) is 17.6. The number of esters is 1. The number of nitrogens with zero attached hydrogens (tertiary/aromatic N) is 1. The molecule has 0 radical (unpaired) electrons. The Morgan fingerprint density at radius 2 is 2.04 bits per heavy atom. The number of fused-ring (bicyclic) bond motifs is 2. The Labute approximate surface area is 151 Å². The molecule has 0 spiro atoms. The molecular formula is C18H19Cl2NO3. The van der Waals surface area contributed by atoms with Crippen molar-refractivity contribution in [1.29, 1.82) is 0 Å². The van der Waals surface area contributed by atoms with Crippen molar-refractivity contribution in [2.45, 2.75) is 26.8 Å². The van der Waals surface area contributed by atoms with Crippen LogP contribution < -0.4 is 4.90 Å². The standard InChI is InChI=1S/C18H19Cl2NO3/c1-4-24-18(23)15-14-9(2)7-10(3)16(15)21(17(14)22)13-8-11(19)5-6-12(13)20/h5-9,14-16H,4H2,1-3H3. The molecule has 128 valence electrons. The first-order valence-electron chi connectivity index (χ1n) is 7.99. The molecule has 1 heterocycles. The van der Waals surface area contributed by atoms with Crippen LogP contribution in [0, 0.1) is 17.8 Å². The minimum Gasteiger partial charge on any atom is -0.466 e. The molecule has 0 saturated carbocycles. The first-order chi connectivity index (χ1) is 11.4. The van der Waals surface area contributed by atoms with Crippen LogP contribution in [-0.4, -0.2) is 24.5 Å². The summed E-state index contributed by atoms with van der Waals surface area (Å²) < 4.78 is 5.24. The lowest BCUT2D eigenvalue weighted by atomic mass is 9.74. The maximum Gasteiger partial charge on any atom is 0.312 e. The molecule has 1 aliphatic heterocycles. The smallest absolute Gasteiger partial charge is 0.312 e. The quantitative estimate of drug-likeness (QED) is 0.596. The second-order valence-electron chi connectivity index (χ2n) is 6.32. The SMILES string of the molecule is CCOC(=O)C1C2C(=O)N(c3cc(Cl)ccc3Cl)C1C(C)=CC2C. The highest BCUT2D eigenvalue weighted by Crippen LogP contribution is 2.48. The van der Waals surface area contributed by atoms with Crippen LogP contribution in [0.4, 0.5) is 5.69 Å². The number of hydrogen-bond donors (Lipinski definition) is 0. The number of rotatable bonds is 3. The summed E-state index contributed by atoms with van der Waals surface area (Å²) in [6.45, 7) is 5.95. The van der Waals surface area contributed by atoms with Crippen LogP contribution in [0.5, 0.6) is 0 Å². The van der Waals surface area contributed by atoms with Gasteiger partial charge in [-0.2, -0.15) is 0 Å². The Morgan fingerprint density at radius 1 is 1.33 bits per heavy atom. The van der Waals surface area contributed by atoms with Gasteiger partial charge in [0, 0.05) is 5.02 Å². The number of amides is 1. The highest BCUT2D eigenvalue weighted by Gasteiger charge is 2.57. The van der Waals surface area contributed by atoms with Crippen LogP contribution in [0.2, 0.25) is 10.0 Å². The molecule has 1 aromatic rings. The van der Waals surface area contributed by atoms with Gasteiger partial charge >= 0.3 is 5.97 Å². The fourth-order valence-electron chi connectivity index (χ4n) is 3.92. The number of hydrogen-bond acceptors (Lipinski definition) is 3. The van der Waals surface area contributed by atoms with E-state index < -0.39 is 11.8 Å². The van der Waals surface area contributed by atoms with Gasteiger partial charge in [-0.05, 0) is 38.0 Å². The molecule has 1 saturated heterocycles. The summed E-state index contributed by atoms with van der Waals surface area (Å²) in [7, 11) is 0. The molecule has 2 aliphatic rings. The van der Waals surface area contributed by atoms with Gasteiger partial charge in [-0.1, -0.05) is 41.8 Å². The van der Waals surface area contributed by atoms with Gasteiger partial charge in [-0.25, -0.2) is 0 Å². The summed E-state index contributed by atoms with van der Waals surface area (Å²) in [6.07, 6.45) is 2.06. The van der Waals surface area contributed by atoms with Gasteiger partial charge < -0.3 is 9.64 Å². The van der Waals surface area contributed by atoms with Crippen LogP contribution in [0.15, 0.2) is 29.8 Å². The van der Waals surface area contributed by atoms with Crippen molar-refractivity contribution in [3.63, 3.8) is 0 Å². The highest BCUT2D eigenvalue weighted by molar-refractivity contribution is 6.36. The Hall–Kier alpha value is -1.52. The average molecular weight is 368 g/mol. The average Bonchev–Trinajstić information content (AvgIpc) is 2.78. The Balaban J connectivity index is 2.12. The summed E-state index contributed by atoms with van der Waals surface area (Å²) >= 11 is 12.4. The van der Waals surface area contributed by atoms with Gasteiger partial charge in [-0.3, -0.25) is 9.59 Å². The van der Waals surface area contributed by atoms with E-state index in [2.05, 4.69) is 6.08 Å². The van der Waals surface area contributed by atoms with E-state index in [1.54, 1.807) is 30.0 Å². The normalized spacial score (nSPS) is 28.8. The number of allylic oxidation sites excluding steroid dienone is 1. The lowest BCUT2D eigenvalue weighted by Crippen LogP contribution is -2.40. The molecule has 1 fully saturated rings. The van der Waals surface area contributed by atoms with Gasteiger partial charge in [0.1, 0.15) is 0 Å². The highest BCUT2D eigenvalue weighted by atomic mass is 35.5. The van der Waals surface area contributed by atoms with Crippen molar-refractivity contribution in [3.05, 3.63) is 39.9 Å². The fourth-order valence-corrected chi connectivity index (χ4v) is 4.29. The predicted octanol–water partition coefficient (Wildman–Crippen LogP) is 4.10. The van der Waals surface area contributed by atoms with E-state index in [-0.39, 0.29) is 30.4 Å². The van der Waals surface area contributed by atoms with E-state index in [0.29, 0.717) is 15.7 Å².